The molecule has 0 radical (unpaired) electrons. The van der Waals surface area contributed by atoms with Crippen molar-refractivity contribution in [1.29, 1.82) is 0 Å². The minimum absolute atomic E-state index is 0.196. The molecule has 272 valence electrons. The molecular weight excluding hydrogens is 837 g/mol. The molecule has 0 aliphatic rings. The second-order valence-electron chi connectivity index (χ2n) is 12.0. The summed E-state index contributed by atoms with van der Waals surface area (Å²) in [4.78, 5) is 6.65. The summed E-state index contributed by atoms with van der Waals surface area (Å²) in [7, 11) is -7.87. The van der Waals surface area contributed by atoms with Gasteiger partial charge in [-0.15, -0.1) is 0 Å². The van der Waals surface area contributed by atoms with Gasteiger partial charge in [0.25, 0.3) is 0 Å². The molecule has 0 bridgehead atoms. The summed E-state index contributed by atoms with van der Waals surface area (Å²) < 4.78 is 59.9. The van der Waals surface area contributed by atoms with Crippen LogP contribution in [0.1, 0.15) is 87.0 Å². The maximum atomic E-state index is 15.3. The van der Waals surface area contributed by atoms with Gasteiger partial charge in [-0.2, -0.15) is 0 Å². The first-order valence-electron chi connectivity index (χ1n) is 17.9. The van der Waals surface area contributed by atoms with Gasteiger partial charge in [0.2, 0.25) is 0 Å². The van der Waals surface area contributed by atoms with Crippen LogP contribution < -0.4 is 13.5 Å². The third kappa shape index (κ3) is 9.72. The van der Waals surface area contributed by atoms with E-state index in [1.807, 2.05) is 27.7 Å². The second kappa shape index (κ2) is 19.8. The Balaban J connectivity index is 2.09. The van der Waals surface area contributed by atoms with Crippen molar-refractivity contribution in [3.05, 3.63) is 41.8 Å². The van der Waals surface area contributed by atoms with E-state index in [2.05, 4.69) is 62.5 Å². The van der Waals surface area contributed by atoms with Crippen molar-refractivity contribution < 1.29 is 27.2 Å². The Bertz CT molecular complexity index is 1640. The zero-order chi connectivity index (χ0) is 35.5. The fourth-order valence-corrected chi connectivity index (χ4v) is 38.3. The molecule has 6 nitrogen and oxygen atoms in total. The third-order valence-corrected chi connectivity index (χ3v) is 37.1. The van der Waals surface area contributed by atoms with Crippen LogP contribution in [0.3, 0.4) is 0 Å². The fraction of sp³-hybridized carbons (Fsp3) is 0.556. The standard InChI is InChI=1S/C24H27O6P2S4.3C4H9.Sn/c1-5-27-31(25,28-6-2)17-16-34-24(23(17)32(26,29-7-3)30-8-4)22-14-13-21(36-22)20-12-11-19(35-20)18-10-9-15-33-18;3*1-3-4-2;/h9-15H,5-8H2,1-4H3;3*1,3-4H2,2H3;. The van der Waals surface area contributed by atoms with Gasteiger partial charge in [-0.3, -0.25) is 0 Å². The Morgan fingerprint density at radius 2 is 0.980 bits per heavy atom. The zero-order valence-electron chi connectivity index (χ0n) is 30.2. The van der Waals surface area contributed by atoms with E-state index in [4.69, 9.17) is 18.1 Å². The third-order valence-electron chi connectivity index (χ3n) is 8.55. The molecule has 0 atom stereocenters. The molecule has 4 rings (SSSR count). The Morgan fingerprint density at radius 3 is 1.41 bits per heavy atom. The Kier molecular flexibility index (Phi) is 16.9. The maximum absolute atomic E-state index is 15.3. The fourth-order valence-electron chi connectivity index (χ4n) is 6.34. The molecular formula is C36H54O6P2S4Sn. The van der Waals surface area contributed by atoms with Gasteiger partial charge in [0.1, 0.15) is 0 Å². The molecule has 0 saturated carbocycles. The van der Waals surface area contributed by atoms with Gasteiger partial charge in [0.05, 0.1) is 0 Å². The Morgan fingerprint density at radius 1 is 0.551 bits per heavy atom. The van der Waals surface area contributed by atoms with Crippen LogP contribution in [-0.4, -0.2) is 44.8 Å². The van der Waals surface area contributed by atoms with Crippen molar-refractivity contribution in [3.8, 4) is 29.3 Å². The summed E-state index contributed by atoms with van der Waals surface area (Å²) in [5.41, 5.74) is 0. The van der Waals surface area contributed by atoms with Crippen LogP contribution in [0.4, 0.5) is 0 Å². The van der Waals surface area contributed by atoms with E-state index in [0.717, 1.165) is 66.5 Å². The summed E-state index contributed by atoms with van der Waals surface area (Å²) >= 11 is 3.53. The Labute approximate surface area is 314 Å². The summed E-state index contributed by atoms with van der Waals surface area (Å²) in [6.07, 6.45) is 6.69. The van der Waals surface area contributed by atoms with Crippen molar-refractivity contribution in [2.75, 3.05) is 26.4 Å². The van der Waals surface area contributed by atoms with E-state index in [1.165, 1.54) is 17.5 Å². The molecule has 0 aliphatic heterocycles. The molecule has 0 amide bonds. The quantitative estimate of drug-likeness (QED) is 0.0546. The second-order valence-corrected chi connectivity index (χ2v) is 34.1. The molecule has 0 unspecified atom stereocenters. The predicted molar refractivity (Wildman–Crippen MR) is 220 cm³/mol. The van der Waals surface area contributed by atoms with E-state index in [0.29, 0.717) is 10.6 Å². The average Bonchev–Trinajstić information content (AvgIpc) is 3.91. The minimum atomic E-state index is -3.95. The van der Waals surface area contributed by atoms with Gasteiger partial charge < -0.3 is 0 Å². The first-order chi connectivity index (χ1) is 23.7. The molecule has 13 heteroatoms. The normalized spacial score (nSPS) is 12.7. The van der Waals surface area contributed by atoms with Crippen LogP contribution in [0.15, 0.2) is 41.8 Å². The van der Waals surface area contributed by atoms with Crippen LogP contribution >= 0.6 is 60.5 Å². The van der Waals surface area contributed by atoms with Crippen LogP contribution in [0.2, 0.25) is 13.3 Å². The van der Waals surface area contributed by atoms with Crippen molar-refractivity contribution >= 4 is 92.4 Å². The summed E-state index contributed by atoms with van der Waals surface area (Å²) in [6.45, 7) is 15.0. The number of hydrogen-bond donors (Lipinski definition) is 0. The number of thiophene rings is 4. The molecule has 0 aliphatic carbocycles. The number of rotatable bonds is 23. The van der Waals surface area contributed by atoms with E-state index >= 15 is 9.13 Å². The predicted octanol–water partition coefficient (Wildman–Crippen LogP) is 12.8. The molecule has 4 aromatic rings. The van der Waals surface area contributed by atoms with Crippen molar-refractivity contribution in [1.82, 2.24) is 0 Å². The van der Waals surface area contributed by atoms with Gasteiger partial charge in [-0.1, -0.05) is 0 Å². The van der Waals surface area contributed by atoms with E-state index in [1.54, 1.807) is 45.3 Å². The molecule has 0 aromatic carbocycles. The molecule has 4 aromatic heterocycles. The molecule has 0 spiro atoms. The first kappa shape index (κ1) is 41.7. The van der Waals surface area contributed by atoms with Gasteiger partial charge in [-0.05, 0) is 0 Å². The van der Waals surface area contributed by atoms with E-state index < -0.39 is 33.6 Å². The number of hydrogen-bond acceptors (Lipinski definition) is 10. The topological polar surface area (TPSA) is 71.1 Å². The molecule has 49 heavy (non-hydrogen) atoms. The van der Waals surface area contributed by atoms with Gasteiger partial charge in [-0.25, -0.2) is 0 Å². The van der Waals surface area contributed by atoms with Crippen LogP contribution in [0.25, 0.3) is 29.3 Å². The Hall–Kier alpha value is -0.101. The molecule has 0 N–H and O–H groups in total. The van der Waals surface area contributed by atoms with Gasteiger partial charge in [0.15, 0.2) is 0 Å². The zero-order valence-corrected chi connectivity index (χ0v) is 38.1. The summed E-state index contributed by atoms with van der Waals surface area (Å²) in [5, 5.41) is 3.05. The van der Waals surface area contributed by atoms with Crippen LogP contribution in [0.5, 0.6) is 0 Å². The van der Waals surface area contributed by atoms with Crippen LogP contribution in [-0.2, 0) is 27.2 Å². The van der Waals surface area contributed by atoms with Gasteiger partial charge in [0, 0.05) is 0 Å². The van der Waals surface area contributed by atoms with E-state index in [9.17, 15) is 0 Å². The van der Waals surface area contributed by atoms with E-state index in [-0.39, 0.29) is 26.4 Å². The molecule has 0 saturated heterocycles. The first-order valence-corrected chi connectivity index (χ1v) is 31.8. The SMILES string of the molecule is CCC[CH2][Sn]([CH2]CCC)([CH2]CCC)[c]1sc(-c2ccc(-c3ccc(-c4cccs4)s3)s2)c(P(=O)(OCC)OCC)c1P(=O)(OCC)OCC. The van der Waals surface area contributed by atoms with Crippen molar-refractivity contribution in [2.45, 2.75) is 100 Å². The summed E-state index contributed by atoms with van der Waals surface area (Å²) in [6, 6.07) is 12.9. The van der Waals surface area contributed by atoms with Gasteiger partial charge >= 0.3 is 317 Å². The average molecular weight is 892 g/mol. The number of unbranched alkanes of at least 4 members (excludes halogenated alkanes) is 3. The molecule has 0 fully saturated rings. The van der Waals surface area contributed by atoms with Crippen LogP contribution in [0, 0.1) is 0 Å². The van der Waals surface area contributed by atoms with Crippen molar-refractivity contribution in [2.24, 2.45) is 0 Å². The summed E-state index contributed by atoms with van der Waals surface area (Å²) in [5.74, 6) is 0. The van der Waals surface area contributed by atoms with Crippen molar-refractivity contribution in [3.63, 3.8) is 0 Å². The molecule has 4 heterocycles. The monoisotopic (exact) mass is 892 g/mol.